The molecule has 0 radical (unpaired) electrons. The Bertz CT molecular complexity index is 1300. The SMILES string of the molecule is C=CC(=O)NC1CN(C(=O)OO)CC1Nc1ncc2c(n1)N(C)C(=O)N(c1c(Cl)c(OC)cc(OC)c1Cl)C2. The van der Waals surface area contributed by atoms with Crippen LogP contribution in [0.3, 0.4) is 0 Å². The number of likely N-dealkylation sites (tertiary alicyclic amines) is 1. The minimum Gasteiger partial charge on any atom is -0.495 e. The molecule has 0 bridgehead atoms. The third-order valence-corrected chi connectivity index (χ3v) is 7.04. The van der Waals surface area contributed by atoms with Gasteiger partial charge in [0, 0.05) is 38.0 Å². The molecule has 1 aromatic carbocycles. The van der Waals surface area contributed by atoms with Gasteiger partial charge in [0.15, 0.2) is 0 Å². The first-order valence-electron chi connectivity index (χ1n) is 11.4. The number of benzene rings is 1. The molecule has 14 nitrogen and oxygen atoms in total. The van der Waals surface area contributed by atoms with E-state index >= 15 is 0 Å². The first-order valence-corrected chi connectivity index (χ1v) is 12.2. The van der Waals surface area contributed by atoms with Crippen molar-refractivity contribution in [1.29, 1.82) is 0 Å². The highest BCUT2D eigenvalue weighted by molar-refractivity contribution is 6.42. The quantitative estimate of drug-likeness (QED) is 0.252. The molecule has 4 rings (SSSR count). The maximum Gasteiger partial charge on any atom is 0.441 e. The maximum atomic E-state index is 13.4. The van der Waals surface area contributed by atoms with Crippen LogP contribution in [-0.2, 0) is 16.2 Å². The number of anilines is 3. The van der Waals surface area contributed by atoms with E-state index in [1.807, 2.05) is 0 Å². The van der Waals surface area contributed by atoms with Gasteiger partial charge in [0.1, 0.15) is 27.4 Å². The highest BCUT2D eigenvalue weighted by Gasteiger charge is 2.39. The fourth-order valence-corrected chi connectivity index (χ4v) is 5.08. The highest BCUT2D eigenvalue weighted by Crippen LogP contribution is 2.47. The summed E-state index contributed by atoms with van der Waals surface area (Å²) in [6, 6.07) is -0.0678. The Morgan fingerprint density at radius 1 is 1.18 bits per heavy atom. The Hall–Kier alpha value is -4.01. The number of urea groups is 1. The molecule has 0 aliphatic carbocycles. The van der Waals surface area contributed by atoms with Gasteiger partial charge in [-0.05, 0) is 6.08 Å². The highest BCUT2D eigenvalue weighted by atomic mass is 35.5. The van der Waals surface area contributed by atoms with E-state index in [0.29, 0.717) is 11.4 Å². The number of nitrogens with zero attached hydrogens (tertiary/aromatic N) is 5. The molecular formula is C23H25Cl2N7O7. The Balaban J connectivity index is 1.62. The van der Waals surface area contributed by atoms with Crippen molar-refractivity contribution < 1.29 is 34.0 Å². The lowest BCUT2D eigenvalue weighted by Crippen LogP contribution is -2.47. The Morgan fingerprint density at radius 3 is 2.41 bits per heavy atom. The third kappa shape index (κ3) is 5.30. The number of ether oxygens (including phenoxy) is 2. The van der Waals surface area contributed by atoms with Crippen LogP contribution in [0.5, 0.6) is 11.5 Å². The molecule has 2 aromatic rings. The molecule has 3 heterocycles. The molecule has 208 valence electrons. The average Bonchev–Trinajstić information content (AvgIpc) is 3.33. The fourth-order valence-electron chi connectivity index (χ4n) is 4.37. The van der Waals surface area contributed by atoms with E-state index in [0.717, 1.165) is 6.08 Å². The summed E-state index contributed by atoms with van der Waals surface area (Å²) in [4.78, 5) is 53.7. The summed E-state index contributed by atoms with van der Waals surface area (Å²) < 4.78 is 10.6. The molecule has 1 aromatic heterocycles. The fraction of sp³-hybridized carbons (Fsp3) is 0.348. The van der Waals surface area contributed by atoms with Gasteiger partial charge < -0.3 is 25.0 Å². The van der Waals surface area contributed by atoms with E-state index in [-0.39, 0.29) is 52.8 Å². The smallest absolute Gasteiger partial charge is 0.441 e. The summed E-state index contributed by atoms with van der Waals surface area (Å²) in [5.74, 6) is 0.571. The van der Waals surface area contributed by atoms with Gasteiger partial charge in [-0.3, -0.25) is 19.5 Å². The van der Waals surface area contributed by atoms with Crippen LogP contribution in [0.1, 0.15) is 5.56 Å². The van der Waals surface area contributed by atoms with Crippen LogP contribution in [0, 0.1) is 0 Å². The molecule has 0 spiro atoms. The zero-order chi connectivity index (χ0) is 28.4. The van der Waals surface area contributed by atoms with E-state index in [9.17, 15) is 14.4 Å². The second kappa shape index (κ2) is 11.4. The standard InChI is InChI=1S/C23H25Cl2N7O7/c1-5-16(33)27-12-9-31(23(35)39-36)10-13(12)28-21-26-7-11-8-32(22(34)30(2)20(11)29-21)19-17(24)14(37-3)6-15(38-4)18(19)25/h5-7,12-13,36H,1,8-10H2,2-4H3,(H,27,33)(H,26,28,29). The minimum absolute atomic E-state index is 0.0477. The monoisotopic (exact) mass is 581 g/mol. The van der Waals surface area contributed by atoms with Gasteiger partial charge in [-0.15, -0.1) is 0 Å². The van der Waals surface area contributed by atoms with Crippen LogP contribution < -0.4 is 29.9 Å². The molecule has 16 heteroatoms. The maximum absolute atomic E-state index is 13.4. The van der Waals surface area contributed by atoms with Crippen LogP contribution in [0.15, 0.2) is 24.9 Å². The normalized spacial score (nSPS) is 18.4. The van der Waals surface area contributed by atoms with Crippen molar-refractivity contribution >= 4 is 58.7 Å². The van der Waals surface area contributed by atoms with Crippen LogP contribution in [-0.4, -0.2) is 84.6 Å². The van der Waals surface area contributed by atoms with Gasteiger partial charge in [-0.1, -0.05) is 29.8 Å². The Morgan fingerprint density at radius 2 is 1.82 bits per heavy atom. The number of methoxy groups -OCH3 is 2. The molecule has 2 atom stereocenters. The van der Waals surface area contributed by atoms with Crippen molar-refractivity contribution in [2.75, 3.05) is 49.5 Å². The van der Waals surface area contributed by atoms with E-state index < -0.39 is 30.1 Å². The lowest BCUT2D eigenvalue weighted by atomic mass is 10.1. The van der Waals surface area contributed by atoms with Crippen LogP contribution in [0.25, 0.3) is 0 Å². The van der Waals surface area contributed by atoms with Gasteiger partial charge in [-0.2, -0.15) is 10.2 Å². The van der Waals surface area contributed by atoms with Gasteiger partial charge >= 0.3 is 12.1 Å². The van der Waals surface area contributed by atoms with Gasteiger partial charge in [0.2, 0.25) is 11.9 Å². The molecule has 1 fully saturated rings. The van der Waals surface area contributed by atoms with E-state index in [4.69, 9.17) is 37.9 Å². The van der Waals surface area contributed by atoms with Crippen molar-refractivity contribution in [3.63, 3.8) is 0 Å². The number of rotatable bonds is 7. The van der Waals surface area contributed by atoms with Crippen molar-refractivity contribution in [2.45, 2.75) is 18.6 Å². The number of nitrogens with one attached hydrogen (secondary N) is 2. The number of fused-ring (bicyclic) bond motifs is 1. The molecular weight excluding hydrogens is 557 g/mol. The summed E-state index contributed by atoms with van der Waals surface area (Å²) in [6.45, 7) is 3.60. The number of hydrogen-bond donors (Lipinski definition) is 3. The molecule has 2 aliphatic rings. The van der Waals surface area contributed by atoms with Crippen molar-refractivity contribution in [3.8, 4) is 11.5 Å². The zero-order valence-electron chi connectivity index (χ0n) is 21.1. The molecule has 2 unspecified atom stereocenters. The predicted molar refractivity (Wildman–Crippen MR) is 142 cm³/mol. The molecule has 1 saturated heterocycles. The predicted octanol–water partition coefficient (Wildman–Crippen LogP) is 2.75. The first-order chi connectivity index (χ1) is 18.6. The lowest BCUT2D eigenvalue weighted by molar-refractivity contribution is -0.187. The summed E-state index contributed by atoms with van der Waals surface area (Å²) in [5, 5.41) is 14.8. The Kier molecular flexibility index (Phi) is 8.18. The third-order valence-electron chi connectivity index (χ3n) is 6.31. The van der Waals surface area contributed by atoms with E-state index in [2.05, 4.69) is 32.1 Å². The molecule has 0 saturated carbocycles. The zero-order valence-corrected chi connectivity index (χ0v) is 22.6. The van der Waals surface area contributed by atoms with Crippen LogP contribution in [0.2, 0.25) is 10.0 Å². The number of halogens is 2. The van der Waals surface area contributed by atoms with Crippen molar-refractivity contribution in [3.05, 3.63) is 40.5 Å². The average molecular weight is 582 g/mol. The van der Waals surface area contributed by atoms with Crippen LogP contribution >= 0.6 is 23.2 Å². The summed E-state index contributed by atoms with van der Waals surface area (Å²) in [6.07, 6.45) is 1.66. The minimum atomic E-state index is -0.972. The second-order valence-corrected chi connectivity index (χ2v) is 9.32. The number of carbonyl (C=O) groups excluding carboxylic acids is 3. The first kappa shape index (κ1) is 28.0. The second-order valence-electron chi connectivity index (χ2n) is 8.56. The number of aromatic nitrogens is 2. The number of amides is 4. The molecule has 3 N–H and O–H groups in total. The van der Waals surface area contributed by atoms with Gasteiger partial charge in [0.05, 0.1) is 38.5 Å². The largest absolute Gasteiger partial charge is 0.495 e. The molecule has 39 heavy (non-hydrogen) atoms. The lowest BCUT2D eigenvalue weighted by Gasteiger charge is -2.35. The summed E-state index contributed by atoms with van der Waals surface area (Å²) in [5.41, 5.74) is 0.798. The van der Waals surface area contributed by atoms with E-state index in [1.165, 1.54) is 48.2 Å². The van der Waals surface area contributed by atoms with Crippen molar-refractivity contribution in [2.24, 2.45) is 0 Å². The molecule has 2 aliphatic heterocycles. The summed E-state index contributed by atoms with van der Waals surface area (Å²) in [7, 11) is 4.40. The molecule has 4 amide bonds. The topological polar surface area (TPSA) is 159 Å². The summed E-state index contributed by atoms with van der Waals surface area (Å²) >= 11 is 13.1. The number of hydrogen-bond acceptors (Lipinski definition) is 10. The van der Waals surface area contributed by atoms with Crippen molar-refractivity contribution in [1.82, 2.24) is 20.2 Å². The van der Waals surface area contributed by atoms with E-state index in [1.54, 1.807) is 0 Å². The number of carbonyl (C=O) groups is 3. The van der Waals surface area contributed by atoms with Gasteiger partial charge in [0.25, 0.3) is 0 Å². The van der Waals surface area contributed by atoms with Gasteiger partial charge in [-0.25, -0.2) is 14.6 Å². The van der Waals surface area contributed by atoms with Crippen LogP contribution in [0.4, 0.5) is 27.0 Å². The Labute approximate surface area is 233 Å².